The molecule has 0 saturated heterocycles. The molecule has 5 heteroatoms. The molecule has 3 rings (SSSR count). The van der Waals surface area contributed by atoms with Gasteiger partial charge in [0, 0.05) is 0 Å². The van der Waals surface area contributed by atoms with Crippen molar-refractivity contribution in [1.82, 2.24) is 4.98 Å². The highest BCUT2D eigenvalue weighted by molar-refractivity contribution is 5.92. The van der Waals surface area contributed by atoms with Crippen molar-refractivity contribution in [3.05, 3.63) is 59.4 Å². The highest BCUT2D eigenvalue weighted by Crippen LogP contribution is 2.38. The topological polar surface area (TPSA) is 65.5 Å². The number of benzene rings is 1. The number of ether oxygens (including phenoxy) is 2. The smallest absolute Gasteiger partial charge is 0.362 e. The first-order chi connectivity index (χ1) is 15.5. The SMILES string of the molecule is CCCCCC1CCC(c2ccc(OC(=O)c3cccc(C(=O)OC(C)C)n3)cc2)CC1. The van der Waals surface area contributed by atoms with Crippen LogP contribution in [-0.2, 0) is 4.74 Å². The molecule has 1 heterocycles. The first-order valence-electron chi connectivity index (χ1n) is 12.0. The minimum atomic E-state index is -0.593. The van der Waals surface area contributed by atoms with Crippen molar-refractivity contribution in [2.45, 2.75) is 84.2 Å². The molecule has 1 aliphatic carbocycles. The summed E-state index contributed by atoms with van der Waals surface area (Å²) in [6, 6.07) is 12.5. The molecule has 0 N–H and O–H groups in total. The van der Waals surface area contributed by atoms with Gasteiger partial charge in [0.1, 0.15) is 17.1 Å². The maximum absolute atomic E-state index is 12.5. The van der Waals surface area contributed by atoms with Crippen molar-refractivity contribution >= 4 is 11.9 Å². The van der Waals surface area contributed by atoms with Crippen molar-refractivity contribution in [1.29, 1.82) is 0 Å². The summed E-state index contributed by atoms with van der Waals surface area (Å²) in [6.45, 7) is 5.78. The molecule has 1 aromatic heterocycles. The maximum atomic E-state index is 12.5. The zero-order chi connectivity index (χ0) is 22.9. The number of esters is 2. The summed E-state index contributed by atoms with van der Waals surface area (Å²) in [7, 11) is 0. The minimum absolute atomic E-state index is 0.0775. The Hall–Kier alpha value is -2.69. The Morgan fingerprint density at radius 1 is 0.938 bits per heavy atom. The van der Waals surface area contributed by atoms with Crippen LogP contribution in [0.25, 0.3) is 0 Å². The molecule has 0 bridgehead atoms. The van der Waals surface area contributed by atoms with Crippen molar-refractivity contribution in [3.8, 4) is 5.75 Å². The van der Waals surface area contributed by atoms with E-state index in [-0.39, 0.29) is 17.5 Å². The zero-order valence-electron chi connectivity index (χ0n) is 19.5. The summed E-state index contributed by atoms with van der Waals surface area (Å²) in [5, 5.41) is 0. The van der Waals surface area contributed by atoms with Crippen LogP contribution in [0.15, 0.2) is 42.5 Å². The van der Waals surface area contributed by atoms with Crippen molar-refractivity contribution < 1.29 is 19.1 Å². The molecule has 1 fully saturated rings. The Morgan fingerprint density at radius 3 is 2.22 bits per heavy atom. The van der Waals surface area contributed by atoms with E-state index in [2.05, 4.69) is 24.0 Å². The normalized spacial score (nSPS) is 18.4. The number of unbranched alkanes of at least 4 members (excludes halogenated alkanes) is 2. The van der Waals surface area contributed by atoms with E-state index >= 15 is 0 Å². The Bertz CT molecular complexity index is 883. The third-order valence-electron chi connectivity index (χ3n) is 6.13. The third kappa shape index (κ3) is 6.91. The van der Waals surface area contributed by atoms with Gasteiger partial charge in [-0.2, -0.15) is 0 Å². The standard InChI is InChI=1S/C27H35NO4/c1-4-5-6-8-20-11-13-21(14-12-20)22-15-17-23(18-16-22)32-27(30)25-10-7-9-24(28-25)26(29)31-19(2)3/h7,9-10,15-21H,4-6,8,11-14H2,1-3H3. The van der Waals surface area contributed by atoms with Gasteiger partial charge in [-0.05, 0) is 81.2 Å². The summed E-state index contributed by atoms with van der Waals surface area (Å²) in [5.74, 6) is 0.805. The lowest BCUT2D eigenvalue weighted by Crippen LogP contribution is -2.16. The van der Waals surface area contributed by atoms with E-state index < -0.39 is 11.9 Å². The van der Waals surface area contributed by atoms with Gasteiger partial charge in [0.05, 0.1) is 6.10 Å². The monoisotopic (exact) mass is 437 g/mol. The molecule has 1 aromatic carbocycles. The Labute approximate surface area is 191 Å². The van der Waals surface area contributed by atoms with Crippen LogP contribution in [0.5, 0.6) is 5.75 Å². The fraction of sp³-hybridized carbons (Fsp3) is 0.519. The lowest BCUT2D eigenvalue weighted by atomic mass is 9.77. The van der Waals surface area contributed by atoms with Gasteiger partial charge < -0.3 is 9.47 Å². The number of aromatic nitrogens is 1. The molecule has 32 heavy (non-hydrogen) atoms. The molecule has 172 valence electrons. The summed E-state index contributed by atoms with van der Waals surface area (Å²) in [5.41, 5.74) is 1.48. The number of carbonyl (C=O) groups excluding carboxylic acids is 2. The molecular formula is C27H35NO4. The van der Waals surface area contributed by atoms with E-state index in [1.54, 1.807) is 19.9 Å². The predicted octanol–water partition coefficient (Wildman–Crippen LogP) is 6.72. The molecule has 0 atom stereocenters. The van der Waals surface area contributed by atoms with Crippen LogP contribution in [0.1, 0.15) is 105 Å². The summed E-state index contributed by atoms with van der Waals surface area (Å²) in [6.07, 6.45) is 10.2. The van der Waals surface area contributed by atoms with Gasteiger partial charge in [0.15, 0.2) is 0 Å². The molecule has 5 nitrogen and oxygen atoms in total. The van der Waals surface area contributed by atoms with Gasteiger partial charge in [-0.1, -0.05) is 50.8 Å². The highest BCUT2D eigenvalue weighted by Gasteiger charge is 2.22. The number of hydrogen-bond acceptors (Lipinski definition) is 5. The number of nitrogens with zero attached hydrogens (tertiary/aromatic N) is 1. The fourth-order valence-corrected chi connectivity index (χ4v) is 4.37. The molecule has 1 saturated carbocycles. The van der Waals surface area contributed by atoms with Crippen LogP contribution in [-0.4, -0.2) is 23.0 Å². The Balaban J connectivity index is 1.54. The summed E-state index contributed by atoms with van der Waals surface area (Å²) < 4.78 is 10.6. The second kappa shape index (κ2) is 11.8. The van der Waals surface area contributed by atoms with Crippen LogP contribution in [0.2, 0.25) is 0 Å². The molecular weight excluding hydrogens is 402 g/mol. The van der Waals surface area contributed by atoms with Crippen molar-refractivity contribution in [2.24, 2.45) is 5.92 Å². The molecule has 0 aliphatic heterocycles. The van der Waals surface area contributed by atoms with Crippen LogP contribution in [0, 0.1) is 5.92 Å². The summed E-state index contributed by atoms with van der Waals surface area (Å²) >= 11 is 0. The molecule has 1 aliphatic rings. The Morgan fingerprint density at radius 2 is 1.59 bits per heavy atom. The van der Waals surface area contributed by atoms with Crippen LogP contribution in [0.3, 0.4) is 0 Å². The zero-order valence-corrected chi connectivity index (χ0v) is 19.5. The van der Waals surface area contributed by atoms with Gasteiger partial charge >= 0.3 is 11.9 Å². The minimum Gasteiger partial charge on any atom is -0.458 e. The average Bonchev–Trinajstić information content (AvgIpc) is 2.80. The van der Waals surface area contributed by atoms with Gasteiger partial charge in [-0.15, -0.1) is 0 Å². The lowest BCUT2D eigenvalue weighted by molar-refractivity contribution is 0.0370. The first kappa shape index (κ1) is 24.0. The molecule has 2 aromatic rings. The number of rotatable bonds is 9. The van der Waals surface area contributed by atoms with E-state index in [1.165, 1.54) is 69.1 Å². The van der Waals surface area contributed by atoms with E-state index in [0.29, 0.717) is 11.7 Å². The van der Waals surface area contributed by atoms with E-state index in [9.17, 15) is 9.59 Å². The molecule has 0 spiro atoms. The average molecular weight is 438 g/mol. The van der Waals surface area contributed by atoms with Gasteiger partial charge in [0.25, 0.3) is 0 Å². The largest absolute Gasteiger partial charge is 0.458 e. The van der Waals surface area contributed by atoms with Crippen LogP contribution >= 0.6 is 0 Å². The van der Waals surface area contributed by atoms with Gasteiger partial charge in [-0.25, -0.2) is 14.6 Å². The third-order valence-corrected chi connectivity index (χ3v) is 6.13. The van der Waals surface area contributed by atoms with Crippen molar-refractivity contribution in [2.75, 3.05) is 0 Å². The maximum Gasteiger partial charge on any atom is 0.362 e. The summed E-state index contributed by atoms with van der Waals surface area (Å²) in [4.78, 5) is 28.6. The van der Waals surface area contributed by atoms with Crippen molar-refractivity contribution in [3.63, 3.8) is 0 Å². The fourth-order valence-electron chi connectivity index (χ4n) is 4.37. The predicted molar refractivity (Wildman–Crippen MR) is 125 cm³/mol. The van der Waals surface area contributed by atoms with Crippen LogP contribution in [0.4, 0.5) is 0 Å². The molecule has 0 radical (unpaired) electrons. The molecule has 0 unspecified atom stereocenters. The number of hydrogen-bond donors (Lipinski definition) is 0. The lowest BCUT2D eigenvalue weighted by Gasteiger charge is -2.29. The second-order valence-electron chi connectivity index (χ2n) is 9.03. The van der Waals surface area contributed by atoms with E-state index in [1.807, 2.05) is 12.1 Å². The van der Waals surface area contributed by atoms with Crippen LogP contribution < -0.4 is 4.74 Å². The highest BCUT2D eigenvalue weighted by atomic mass is 16.5. The van der Waals surface area contributed by atoms with Gasteiger partial charge in [-0.3, -0.25) is 0 Å². The van der Waals surface area contributed by atoms with E-state index in [0.717, 1.165) is 5.92 Å². The van der Waals surface area contributed by atoms with E-state index in [4.69, 9.17) is 9.47 Å². The number of carbonyl (C=O) groups is 2. The first-order valence-corrected chi connectivity index (χ1v) is 12.0. The number of pyridine rings is 1. The Kier molecular flexibility index (Phi) is 8.83. The second-order valence-corrected chi connectivity index (χ2v) is 9.03. The molecule has 0 amide bonds. The van der Waals surface area contributed by atoms with Gasteiger partial charge in [0.2, 0.25) is 0 Å². The quantitative estimate of drug-likeness (QED) is 0.247.